The summed E-state index contributed by atoms with van der Waals surface area (Å²) in [5.74, 6) is -0.958. The molecule has 0 aromatic heterocycles. The highest BCUT2D eigenvalue weighted by molar-refractivity contribution is 5.93. The van der Waals surface area contributed by atoms with Crippen LogP contribution in [0.25, 0.3) is 0 Å². The zero-order chi connectivity index (χ0) is 12.3. The smallest absolute Gasteiger partial charge is 0.246 e. The van der Waals surface area contributed by atoms with Crippen molar-refractivity contribution in [1.29, 1.82) is 0 Å². The summed E-state index contributed by atoms with van der Waals surface area (Å²) in [7, 11) is 0. The molecule has 0 fully saturated rings. The highest BCUT2D eigenvalue weighted by atomic mass is 19.1. The van der Waals surface area contributed by atoms with Gasteiger partial charge in [-0.2, -0.15) is 0 Å². The average molecular weight is 222 g/mol. The van der Waals surface area contributed by atoms with Crippen LogP contribution in [0.5, 0.6) is 0 Å². The largest absolute Gasteiger partial charge is 0.402 e. The lowest BCUT2D eigenvalue weighted by Crippen LogP contribution is -2.20. The molecule has 1 rings (SSSR count). The maximum Gasteiger partial charge on any atom is 0.246 e. The number of hydrogen-bond donors (Lipinski definition) is 2. The van der Waals surface area contributed by atoms with Gasteiger partial charge in [0.25, 0.3) is 0 Å². The molecule has 1 amide bonds. The molecule has 0 atom stereocenters. The van der Waals surface area contributed by atoms with Crippen LogP contribution in [-0.2, 0) is 11.2 Å². The summed E-state index contributed by atoms with van der Waals surface area (Å²) in [5, 5.41) is 0. The van der Waals surface area contributed by atoms with Gasteiger partial charge in [0.15, 0.2) is 0 Å². The fourth-order valence-corrected chi connectivity index (χ4v) is 1.41. The number of primary amides is 1. The molecule has 16 heavy (non-hydrogen) atoms. The van der Waals surface area contributed by atoms with E-state index >= 15 is 0 Å². The van der Waals surface area contributed by atoms with Crippen LogP contribution >= 0.6 is 0 Å². The molecule has 0 unspecified atom stereocenters. The number of amides is 1. The average Bonchev–Trinajstić information content (AvgIpc) is 2.15. The van der Waals surface area contributed by atoms with Gasteiger partial charge in [-0.25, -0.2) is 4.39 Å². The molecule has 0 aliphatic heterocycles. The SMILES string of the molecule is C/C(N)=C(\Cc1ccc(C)cc1F)C(N)=O. The molecular formula is C12H15FN2O. The Kier molecular flexibility index (Phi) is 3.66. The lowest BCUT2D eigenvalue weighted by Gasteiger charge is -2.07. The third kappa shape index (κ3) is 2.82. The normalized spacial score (nSPS) is 12.2. The zero-order valence-electron chi connectivity index (χ0n) is 9.38. The third-order valence-corrected chi connectivity index (χ3v) is 2.35. The van der Waals surface area contributed by atoms with Gasteiger partial charge in [-0.1, -0.05) is 12.1 Å². The molecule has 4 heteroatoms. The first kappa shape index (κ1) is 12.2. The Morgan fingerprint density at radius 1 is 1.38 bits per heavy atom. The van der Waals surface area contributed by atoms with E-state index in [-0.39, 0.29) is 17.8 Å². The Balaban J connectivity index is 3.04. The minimum absolute atomic E-state index is 0.129. The Hall–Kier alpha value is -1.84. The number of aryl methyl sites for hydroxylation is 1. The standard InChI is InChI=1S/C12H15FN2O/c1-7-3-4-9(11(13)5-7)6-10(8(2)14)12(15)16/h3-5H,6,14H2,1-2H3,(H2,15,16)/b10-8-. The van der Waals surface area contributed by atoms with Gasteiger partial charge < -0.3 is 11.5 Å². The summed E-state index contributed by atoms with van der Waals surface area (Å²) in [6.07, 6.45) is 0.129. The van der Waals surface area contributed by atoms with Crippen molar-refractivity contribution in [3.05, 3.63) is 46.4 Å². The lowest BCUT2D eigenvalue weighted by atomic mass is 10.0. The minimum Gasteiger partial charge on any atom is -0.402 e. The first-order valence-electron chi connectivity index (χ1n) is 4.92. The predicted molar refractivity (Wildman–Crippen MR) is 60.9 cm³/mol. The van der Waals surface area contributed by atoms with Crippen molar-refractivity contribution < 1.29 is 9.18 Å². The van der Waals surface area contributed by atoms with E-state index in [0.717, 1.165) is 5.56 Å². The van der Waals surface area contributed by atoms with E-state index in [9.17, 15) is 9.18 Å². The molecule has 0 saturated heterocycles. The monoisotopic (exact) mass is 222 g/mol. The van der Waals surface area contributed by atoms with Crippen molar-refractivity contribution in [2.45, 2.75) is 20.3 Å². The number of carbonyl (C=O) groups excluding carboxylic acids is 1. The van der Waals surface area contributed by atoms with Gasteiger partial charge >= 0.3 is 0 Å². The second-order valence-corrected chi connectivity index (χ2v) is 3.80. The summed E-state index contributed by atoms with van der Waals surface area (Å²) in [5.41, 5.74) is 12.5. The number of hydrogen-bond acceptors (Lipinski definition) is 2. The minimum atomic E-state index is -0.611. The van der Waals surface area contributed by atoms with Crippen LogP contribution in [-0.4, -0.2) is 5.91 Å². The van der Waals surface area contributed by atoms with E-state index < -0.39 is 5.91 Å². The maximum absolute atomic E-state index is 13.5. The second kappa shape index (κ2) is 4.79. The summed E-state index contributed by atoms with van der Waals surface area (Å²) in [4.78, 5) is 11.1. The molecule has 0 spiro atoms. The van der Waals surface area contributed by atoms with Crippen molar-refractivity contribution in [3.8, 4) is 0 Å². The van der Waals surface area contributed by atoms with Gasteiger partial charge in [0.05, 0.1) is 0 Å². The summed E-state index contributed by atoms with van der Waals surface area (Å²) in [6.45, 7) is 3.37. The molecule has 0 aliphatic rings. The number of carbonyl (C=O) groups is 1. The quantitative estimate of drug-likeness (QED) is 0.759. The lowest BCUT2D eigenvalue weighted by molar-refractivity contribution is -0.114. The van der Waals surface area contributed by atoms with Crippen LogP contribution < -0.4 is 11.5 Å². The van der Waals surface area contributed by atoms with Crippen LogP contribution in [0, 0.1) is 12.7 Å². The van der Waals surface area contributed by atoms with Crippen molar-refractivity contribution in [2.75, 3.05) is 0 Å². The van der Waals surface area contributed by atoms with Crippen LogP contribution in [0.4, 0.5) is 4.39 Å². The molecule has 3 nitrogen and oxygen atoms in total. The third-order valence-electron chi connectivity index (χ3n) is 2.35. The van der Waals surface area contributed by atoms with Gasteiger partial charge in [-0.15, -0.1) is 0 Å². The second-order valence-electron chi connectivity index (χ2n) is 3.80. The molecule has 4 N–H and O–H groups in total. The molecule has 1 aromatic carbocycles. The molecular weight excluding hydrogens is 207 g/mol. The van der Waals surface area contributed by atoms with Gasteiger partial charge in [0, 0.05) is 17.7 Å². The Morgan fingerprint density at radius 3 is 2.44 bits per heavy atom. The number of nitrogens with two attached hydrogens (primary N) is 2. The summed E-state index contributed by atoms with van der Waals surface area (Å²) < 4.78 is 13.5. The van der Waals surface area contributed by atoms with Gasteiger partial charge in [0.1, 0.15) is 5.82 Å². The van der Waals surface area contributed by atoms with Crippen molar-refractivity contribution in [2.24, 2.45) is 11.5 Å². The summed E-state index contributed by atoms with van der Waals surface area (Å²) >= 11 is 0. The topological polar surface area (TPSA) is 69.1 Å². The van der Waals surface area contributed by atoms with Crippen molar-refractivity contribution >= 4 is 5.91 Å². The van der Waals surface area contributed by atoms with E-state index in [1.807, 2.05) is 0 Å². The number of benzene rings is 1. The predicted octanol–water partition coefficient (Wildman–Crippen LogP) is 1.39. The molecule has 0 radical (unpaired) electrons. The highest BCUT2D eigenvalue weighted by Crippen LogP contribution is 2.15. The molecule has 1 aromatic rings. The summed E-state index contributed by atoms with van der Waals surface area (Å²) in [6, 6.07) is 4.83. The van der Waals surface area contributed by atoms with Gasteiger partial charge in [0.2, 0.25) is 5.91 Å². The molecule has 0 bridgehead atoms. The first-order valence-corrected chi connectivity index (χ1v) is 4.92. The maximum atomic E-state index is 13.5. The number of halogens is 1. The molecule has 86 valence electrons. The molecule has 0 saturated carbocycles. The zero-order valence-corrected chi connectivity index (χ0v) is 9.38. The number of allylic oxidation sites excluding steroid dienone is 1. The molecule has 0 aliphatic carbocycles. The van der Waals surface area contributed by atoms with Crippen LogP contribution in [0.3, 0.4) is 0 Å². The fraction of sp³-hybridized carbons (Fsp3) is 0.250. The van der Waals surface area contributed by atoms with Crippen LogP contribution in [0.1, 0.15) is 18.1 Å². The number of rotatable bonds is 3. The van der Waals surface area contributed by atoms with Crippen LogP contribution in [0.2, 0.25) is 0 Å². The van der Waals surface area contributed by atoms with Gasteiger partial charge in [-0.05, 0) is 31.0 Å². The van der Waals surface area contributed by atoms with E-state index in [1.54, 1.807) is 26.0 Å². The van der Waals surface area contributed by atoms with Crippen LogP contribution in [0.15, 0.2) is 29.5 Å². The Bertz CT molecular complexity index is 448. The van der Waals surface area contributed by atoms with E-state index in [2.05, 4.69) is 0 Å². The van der Waals surface area contributed by atoms with E-state index in [1.165, 1.54) is 6.07 Å². The Morgan fingerprint density at radius 2 is 2.00 bits per heavy atom. The van der Waals surface area contributed by atoms with E-state index in [4.69, 9.17) is 11.5 Å². The fourth-order valence-electron chi connectivity index (χ4n) is 1.41. The van der Waals surface area contributed by atoms with Crippen molar-refractivity contribution in [3.63, 3.8) is 0 Å². The highest BCUT2D eigenvalue weighted by Gasteiger charge is 2.11. The van der Waals surface area contributed by atoms with Crippen molar-refractivity contribution in [1.82, 2.24) is 0 Å². The molecule has 0 heterocycles. The first-order chi connectivity index (χ1) is 7.41. The van der Waals surface area contributed by atoms with E-state index in [0.29, 0.717) is 11.3 Å². The Labute approximate surface area is 93.9 Å². The van der Waals surface area contributed by atoms with Gasteiger partial charge in [-0.3, -0.25) is 4.79 Å².